The van der Waals surface area contributed by atoms with Gasteiger partial charge in [-0.1, -0.05) is 143 Å². The van der Waals surface area contributed by atoms with Crippen LogP contribution in [0.5, 0.6) is 34.5 Å². The topological polar surface area (TPSA) is 426 Å². The molecule has 13 rings (SSSR count). The smallest absolute Gasteiger partial charge is 0.241 e. The van der Waals surface area contributed by atoms with Gasteiger partial charge in [0, 0.05) is 116 Å². The minimum absolute atomic E-state index is 0.226. The minimum Gasteiger partial charge on any atom is -0.489 e. The number of amidine groups is 6. The van der Waals surface area contributed by atoms with E-state index in [1.807, 2.05) is 0 Å². The molecule has 7 aromatic rings. The normalized spacial score (nSPS) is 18.1. The van der Waals surface area contributed by atoms with Crippen molar-refractivity contribution in [2.75, 3.05) is 0 Å². The molecule has 0 spiro atoms. The number of rotatable bonds is 24. The Morgan fingerprint density at radius 3 is 0.444 bits per heavy atom. The van der Waals surface area contributed by atoms with E-state index in [9.17, 15) is 57.5 Å². The van der Waals surface area contributed by atoms with Crippen LogP contribution in [-0.4, -0.2) is 132 Å². The first kappa shape index (κ1) is 90.8. The summed E-state index contributed by atoms with van der Waals surface area (Å²) in [6, 6.07) is 42.0. The van der Waals surface area contributed by atoms with Crippen LogP contribution >= 0.6 is 70.6 Å². The Balaban J connectivity index is 0.980. The average molecular weight is 1830 g/mol. The van der Waals surface area contributed by atoms with Gasteiger partial charge in [-0.25, -0.2) is 30.1 Å². The van der Waals surface area contributed by atoms with Gasteiger partial charge in [0.1, 0.15) is 106 Å². The first-order chi connectivity index (χ1) is 60.3. The molecular formula is C84H84N18O18S6. The third-order valence-electron chi connectivity index (χ3n) is 19.0. The van der Waals surface area contributed by atoms with Gasteiger partial charge < -0.3 is 60.3 Å². The Morgan fingerprint density at radius 1 is 0.222 bits per heavy atom. The van der Waals surface area contributed by atoms with Gasteiger partial charge in [-0.3, -0.25) is 57.5 Å². The number of carbonyl (C=O) groups excluding carboxylic acids is 12. The van der Waals surface area contributed by atoms with Crippen molar-refractivity contribution in [1.82, 2.24) is 62.0 Å². The van der Waals surface area contributed by atoms with Crippen LogP contribution in [0.25, 0.3) is 0 Å². The number of nitrogens with one attached hydrogen (secondary N) is 6. The van der Waals surface area contributed by atoms with E-state index in [4.69, 9.17) is 28.4 Å². The second kappa shape index (κ2) is 40.4. The summed E-state index contributed by atoms with van der Waals surface area (Å²) in [5.41, 5.74) is 6.70. The van der Waals surface area contributed by atoms with Crippen molar-refractivity contribution in [2.45, 2.75) is 155 Å². The largest absolute Gasteiger partial charge is 0.489 e. The number of thioether (sulfide) groups is 6. The van der Waals surface area contributed by atoms with Crippen LogP contribution in [0.1, 0.15) is 182 Å². The molecule has 36 nitrogen and oxygen atoms in total. The Bertz CT molecular complexity index is 4760. The molecule has 6 unspecified atom stereocenters. The second-order valence-electron chi connectivity index (χ2n) is 28.5. The lowest BCUT2D eigenvalue weighted by Gasteiger charge is -2.28. The molecule has 126 heavy (non-hydrogen) atoms. The molecule has 654 valence electrons. The highest BCUT2D eigenvalue weighted by atomic mass is 32.2. The molecule has 0 saturated carbocycles. The Labute approximate surface area is 747 Å². The highest BCUT2D eigenvalue weighted by molar-refractivity contribution is 8.15. The molecule has 0 bridgehead atoms. The summed E-state index contributed by atoms with van der Waals surface area (Å²) in [6.07, 6.45) is 0. The molecule has 42 heteroatoms. The van der Waals surface area contributed by atoms with E-state index in [2.05, 4.69) is 62.5 Å². The van der Waals surface area contributed by atoms with Crippen molar-refractivity contribution < 1.29 is 86.0 Å². The van der Waals surface area contributed by atoms with Crippen molar-refractivity contribution in [3.05, 3.63) is 212 Å². The zero-order valence-corrected chi connectivity index (χ0v) is 74.6. The summed E-state index contributed by atoms with van der Waals surface area (Å²) >= 11 is 7.02. The maximum Gasteiger partial charge on any atom is 0.241 e. The lowest BCUT2D eigenvalue weighted by atomic mass is 9.87. The van der Waals surface area contributed by atoms with Crippen molar-refractivity contribution in [1.29, 1.82) is 0 Å². The van der Waals surface area contributed by atoms with Gasteiger partial charge in [-0.15, -0.1) is 30.6 Å². The van der Waals surface area contributed by atoms with Crippen LogP contribution in [0.4, 0.5) is 0 Å². The van der Waals surface area contributed by atoms with Gasteiger partial charge in [0.25, 0.3) is 0 Å². The van der Waals surface area contributed by atoms with Crippen LogP contribution < -0.4 is 60.3 Å². The van der Waals surface area contributed by atoms with Crippen molar-refractivity contribution in [3.63, 3.8) is 0 Å². The quantitative estimate of drug-likeness (QED) is 0.0327. The lowest BCUT2D eigenvalue weighted by molar-refractivity contribution is -0.130. The summed E-state index contributed by atoms with van der Waals surface area (Å²) in [5.74, 6) is -2.47. The molecule has 7 aromatic carbocycles. The van der Waals surface area contributed by atoms with E-state index < -0.39 is 32.2 Å². The fourth-order valence-electron chi connectivity index (χ4n) is 13.3. The number of nitrogens with zero attached hydrogens (tertiary/aromatic N) is 12. The van der Waals surface area contributed by atoms with Crippen LogP contribution in [-0.2, 0) is 97.2 Å². The van der Waals surface area contributed by atoms with Crippen LogP contribution in [0.3, 0.4) is 0 Å². The molecule has 6 atom stereocenters. The summed E-state index contributed by atoms with van der Waals surface area (Å²) in [6.45, 7) is 14.7. The minimum atomic E-state index is -0.678. The van der Waals surface area contributed by atoms with E-state index in [0.717, 1.165) is 0 Å². The number of amides is 12. The molecule has 0 radical (unpaired) electrons. The van der Waals surface area contributed by atoms with Gasteiger partial charge in [0.15, 0.2) is 31.0 Å². The van der Waals surface area contributed by atoms with Crippen LogP contribution in [0, 0.1) is 0 Å². The Morgan fingerprint density at radius 2 is 0.341 bits per heavy atom. The monoisotopic (exact) mass is 1820 g/mol. The fourth-order valence-corrected chi connectivity index (χ4v) is 20.1. The molecule has 6 aliphatic rings. The standard InChI is InChI=1S/C84H84N18O18S6/c1-43(103)85-79-91-97(49(7)109)73(121-79)55-13-25-61(26-14-55)115-37-67-68(38-116-62-27-15-56(16-28-62)74-98(50(8)110)92-80(122-74)86-44(2)104)70(40-118-64-31-19-58(20-32-64)76-100(52(10)112)94-82(124-76)88-46(4)106)72(42-120-66-35-23-60(24-36-66)78-102(54(12)114)96-84(126-78)90-48(6)108)71(41-119-65-33-21-59(22-34-65)77-101(53(11)113)95-83(125-77)89-47(5)107)69(67)39-117-63-29-17-57(18-30-63)75-99(51(9)111)93-81(123-75)87-45(3)105/h13-36,73-78H,37-42H2,1-12H3,(H,85,91,103)(H,86,92,104)(H,87,93,105)(H,88,94,106)(H,89,95,107)(H,90,96,108). The average Bonchev–Trinajstić information content (AvgIpc) is 0.911. The van der Waals surface area contributed by atoms with E-state index >= 15 is 0 Å². The SMILES string of the molecule is CC(=O)NC1=NN(C(C)=O)C(c2ccc(OCc3c(COc4ccc(C5SC(NC(C)=O)=NN5C(C)=O)cc4)c(COc4ccc(C5SC(NC(C)=O)=NN5C(C)=O)cc4)c(COc4ccc(C5SC(NC(C)=O)=NN5C(C)=O)cc4)c(COc4ccc(C5SC(NC(C)=O)=NN5C(C)=O)cc4)c3COc3ccc(C4SC(NC(C)=O)=NN4C(C)=O)cc3)cc2)S1. The molecular weight excluding hydrogens is 1740 g/mol. The summed E-state index contributed by atoms with van der Waals surface area (Å²) < 4.78 is 42.2. The van der Waals surface area contributed by atoms with Crippen molar-refractivity contribution >= 4 is 172 Å². The Kier molecular flexibility index (Phi) is 29.1. The van der Waals surface area contributed by atoms with Gasteiger partial charge in [0.05, 0.1) is 0 Å². The van der Waals surface area contributed by atoms with Gasteiger partial charge in [-0.2, -0.15) is 0 Å². The maximum absolute atomic E-state index is 13.1. The molecule has 0 aliphatic carbocycles. The second-order valence-corrected chi connectivity index (χ2v) is 35.0. The highest BCUT2D eigenvalue weighted by Gasteiger charge is 2.40. The number of hydrogen-bond donors (Lipinski definition) is 6. The zero-order valence-electron chi connectivity index (χ0n) is 69.7. The van der Waals surface area contributed by atoms with Gasteiger partial charge in [-0.05, 0) is 106 Å². The number of carbonyl (C=O) groups is 12. The van der Waals surface area contributed by atoms with E-state index in [-0.39, 0.29) is 142 Å². The van der Waals surface area contributed by atoms with Crippen molar-refractivity contribution in [3.8, 4) is 34.5 Å². The number of hydrazone groups is 6. The van der Waals surface area contributed by atoms with E-state index in [1.165, 1.54) is 184 Å². The third kappa shape index (κ3) is 22.4. The van der Waals surface area contributed by atoms with Gasteiger partial charge in [0.2, 0.25) is 70.9 Å². The van der Waals surface area contributed by atoms with Crippen LogP contribution in [0.2, 0.25) is 0 Å². The molecule has 6 heterocycles. The molecule has 12 amide bonds. The number of ether oxygens (including phenoxy) is 6. The fraction of sp³-hybridized carbons (Fsp3) is 0.286. The lowest BCUT2D eigenvalue weighted by Crippen LogP contribution is -2.25. The molecule has 6 N–H and O–H groups in total. The van der Waals surface area contributed by atoms with E-state index in [1.54, 1.807) is 146 Å². The predicted octanol–water partition coefficient (Wildman–Crippen LogP) is 11.2. The molecule has 0 aromatic heterocycles. The first-order valence-electron chi connectivity index (χ1n) is 38.8. The molecule has 0 saturated heterocycles. The van der Waals surface area contributed by atoms with E-state index in [0.29, 0.717) is 101 Å². The highest BCUT2D eigenvalue weighted by Crippen LogP contribution is 2.47. The summed E-state index contributed by atoms with van der Waals surface area (Å²) in [7, 11) is 0. The molecule has 0 fully saturated rings. The predicted molar refractivity (Wildman–Crippen MR) is 476 cm³/mol. The van der Waals surface area contributed by atoms with Crippen LogP contribution in [0.15, 0.2) is 176 Å². The maximum atomic E-state index is 13.1. The third-order valence-corrected chi connectivity index (χ3v) is 25.6. The molecule has 6 aliphatic heterocycles. The summed E-state index contributed by atoms with van der Waals surface area (Å²) in [4.78, 5) is 152. The summed E-state index contributed by atoms with van der Waals surface area (Å²) in [5, 5.41) is 47.4. The number of benzene rings is 7. The number of hydrogen-bond acceptors (Lipinski definition) is 30. The zero-order chi connectivity index (χ0) is 89.9. The van der Waals surface area contributed by atoms with Gasteiger partial charge >= 0.3 is 0 Å². The Hall–Kier alpha value is -12.9. The van der Waals surface area contributed by atoms with Crippen molar-refractivity contribution in [2.24, 2.45) is 30.6 Å². The first-order valence-corrected chi connectivity index (χ1v) is 44.0.